The average Bonchev–Trinajstić information content (AvgIpc) is 2.66. The van der Waals surface area contributed by atoms with Crippen molar-refractivity contribution >= 4 is 10.9 Å². The Kier molecular flexibility index (Phi) is 3.93. The largest absolute Gasteiger partial charge is 0.297 e. The third-order valence-electron chi connectivity index (χ3n) is 2.81. The second-order valence-electron chi connectivity index (χ2n) is 4.09. The molecule has 1 aromatic carbocycles. The highest BCUT2D eigenvalue weighted by molar-refractivity contribution is 7.70. The fraction of sp³-hybridized carbons (Fsp3) is 0.455. The quantitative estimate of drug-likeness (QED) is 0.748. The lowest BCUT2D eigenvalue weighted by Crippen LogP contribution is -2.31. The molecule has 1 fully saturated rings. The van der Waals surface area contributed by atoms with Crippen molar-refractivity contribution in [1.82, 2.24) is 9.62 Å². The highest BCUT2D eigenvalue weighted by Crippen LogP contribution is 2.13. The summed E-state index contributed by atoms with van der Waals surface area (Å²) in [5.41, 5.74) is 1.27. The summed E-state index contributed by atoms with van der Waals surface area (Å²) in [6.45, 7) is 2.66. The van der Waals surface area contributed by atoms with Gasteiger partial charge in [0.05, 0.1) is 0 Å². The van der Waals surface area contributed by atoms with Gasteiger partial charge in [-0.2, -0.15) is 0 Å². The maximum absolute atomic E-state index is 10.5. The Bertz CT molecular complexity index is 398. The van der Waals surface area contributed by atoms with Gasteiger partial charge < -0.3 is 0 Å². The van der Waals surface area contributed by atoms with Gasteiger partial charge in [0.1, 0.15) is 0 Å². The van der Waals surface area contributed by atoms with Gasteiger partial charge >= 0.3 is 0 Å². The Hall–Kier alpha value is -0.910. The first-order valence-electron chi connectivity index (χ1n) is 5.41. The van der Waals surface area contributed by atoms with Crippen LogP contribution < -0.4 is 4.72 Å². The van der Waals surface area contributed by atoms with Crippen molar-refractivity contribution in [3.05, 3.63) is 35.9 Å². The molecule has 4 nitrogen and oxygen atoms in total. The van der Waals surface area contributed by atoms with Crippen LogP contribution in [0.1, 0.15) is 12.0 Å². The van der Waals surface area contributed by atoms with Crippen LogP contribution in [0.5, 0.6) is 0 Å². The summed E-state index contributed by atoms with van der Waals surface area (Å²) >= 11 is 0. The van der Waals surface area contributed by atoms with Gasteiger partial charge in [-0.3, -0.25) is 4.90 Å². The van der Waals surface area contributed by atoms with E-state index in [1.54, 1.807) is 0 Å². The SMILES string of the molecule is O=[SH](=O)NC1CCN(Cc2ccccc2)C1. The van der Waals surface area contributed by atoms with Gasteiger partial charge in [0.15, 0.2) is 0 Å². The first kappa shape index (κ1) is 11.6. The van der Waals surface area contributed by atoms with E-state index in [4.69, 9.17) is 0 Å². The Morgan fingerprint density at radius 2 is 2.06 bits per heavy atom. The number of likely N-dealkylation sites (tertiary alicyclic amines) is 1. The molecule has 0 radical (unpaired) electrons. The van der Waals surface area contributed by atoms with Crippen LogP contribution in [0.4, 0.5) is 0 Å². The van der Waals surface area contributed by atoms with Crippen molar-refractivity contribution in [1.29, 1.82) is 0 Å². The first-order valence-corrected chi connectivity index (χ1v) is 6.58. The summed E-state index contributed by atoms with van der Waals surface area (Å²) in [7, 11) is -2.47. The zero-order chi connectivity index (χ0) is 11.4. The predicted molar refractivity (Wildman–Crippen MR) is 63.6 cm³/mol. The highest BCUT2D eigenvalue weighted by Gasteiger charge is 2.22. The van der Waals surface area contributed by atoms with E-state index in [1.807, 2.05) is 18.2 Å². The van der Waals surface area contributed by atoms with E-state index in [1.165, 1.54) is 5.56 Å². The van der Waals surface area contributed by atoms with E-state index >= 15 is 0 Å². The predicted octanol–water partition coefficient (Wildman–Crippen LogP) is 0.377. The molecule has 1 saturated heterocycles. The Morgan fingerprint density at radius 3 is 2.75 bits per heavy atom. The molecule has 5 heteroatoms. The second-order valence-corrected chi connectivity index (χ2v) is 4.86. The molecule has 1 heterocycles. The van der Waals surface area contributed by atoms with Crippen LogP contribution in [-0.2, 0) is 17.4 Å². The molecular formula is C11H16N2O2S. The van der Waals surface area contributed by atoms with Gasteiger partial charge in [0, 0.05) is 25.7 Å². The molecule has 2 rings (SSSR count). The molecule has 0 spiro atoms. The smallest absolute Gasteiger partial charge is 0.201 e. The number of nitrogens with one attached hydrogen (secondary N) is 1. The minimum absolute atomic E-state index is 0.0878. The number of hydrogen-bond acceptors (Lipinski definition) is 3. The van der Waals surface area contributed by atoms with Gasteiger partial charge in [-0.05, 0) is 12.0 Å². The molecule has 0 saturated carbocycles. The molecule has 0 aromatic heterocycles. The van der Waals surface area contributed by atoms with E-state index in [-0.39, 0.29) is 6.04 Å². The summed E-state index contributed by atoms with van der Waals surface area (Å²) < 4.78 is 23.6. The second kappa shape index (κ2) is 5.43. The summed E-state index contributed by atoms with van der Waals surface area (Å²) in [5, 5.41) is 0. The van der Waals surface area contributed by atoms with E-state index in [0.717, 1.165) is 26.1 Å². The normalized spacial score (nSPS) is 21.7. The molecule has 0 aliphatic carbocycles. The van der Waals surface area contributed by atoms with Crippen LogP contribution in [0.3, 0.4) is 0 Å². The minimum atomic E-state index is -2.47. The van der Waals surface area contributed by atoms with Crippen molar-refractivity contribution in [2.24, 2.45) is 0 Å². The lowest BCUT2D eigenvalue weighted by atomic mass is 10.2. The number of rotatable bonds is 4. The monoisotopic (exact) mass is 240 g/mol. The van der Waals surface area contributed by atoms with Crippen LogP contribution in [0.25, 0.3) is 0 Å². The number of thiol groups is 1. The lowest BCUT2D eigenvalue weighted by Gasteiger charge is -2.15. The van der Waals surface area contributed by atoms with Crippen molar-refractivity contribution in [3.63, 3.8) is 0 Å². The Balaban J connectivity index is 1.85. The third kappa shape index (κ3) is 3.30. The van der Waals surface area contributed by atoms with Crippen LogP contribution >= 0.6 is 0 Å². The van der Waals surface area contributed by atoms with Gasteiger partial charge in [-0.25, -0.2) is 13.1 Å². The zero-order valence-corrected chi connectivity index (χ0v) is 9.90. The fourth-order valence-corrected chi connectivity index (χ4v) is 2.58. The molecule has 1 aromatic rings. The zero-order valence-electron chi connectivity index (χ0n) is 9.00. The highest BCUT2D eigenvalue weighted by atomic mass is 32.2. The van der Waals surface area contributed by atoms with E-state index < -0.39 is 10.9 Å². The standard InChI is InChI=1S/C11H16N2O2S/c14-16(15)12-11-6-7-13(9-11)8-10-4-2-1-3-5-10/h1-5,11,16H,6-9H2,(H,12,14,15). The average molecular weight is 240 g/mol. The van der Waals surface area contributed by atoms with Gasteiger partial charge in [0.25, 0.3) is 0 Å². The van der Waals surface area contributed by atoms with Crippen molar-refractivity contribution in [2.75, 3.05) is 13.1 Å². The minimum Gasteiger partial charge on any atom is -0.297 e. The van der Waals surface area contributed by atoms with Gasteiger partial charge in [-0.1, -0.05) is 30.3 Å². The summed E-state index contributed by atoms with van der Waals surface area (Å²) in [4.78, 5) is 2.27. The number of nitrogens with zero attached hydrogens (tertiary/aromatic N) is 1. The Labute approximate surface area is 97.4 Å². The van der Waals surface area contributed by atoms with Crippen molar-refractivity contribution in [2.45, 2.75) is 19.0 Å². The first-order chi connectivity index (χ1) is 7.74. The molecular weight excluding hydrogens is 224 g/mol. The molecule has 1 N–H and O–H groups in total. The van der Waals surface area contributed by atoms with Crippen LogP contribution in [0.15, 0.2) is 30.3 Å². The molecule has 1 aliphatic heterocycles. The molecule has 1 unspecified atom stereocenters. The summed E-state index contributed by atoms with van der Waals surface area (Å²) in [6.07, 6.45) is 0.899. The molecule has 88 valence electrons. The summed E-state index contributed by atoms with van der Waals surface area (Å²) in [5.74, 6) is 0. The van der Waals surface area contributed by atoms with E-state index in [2.05, 4.69) is 21.8 Å². The fourth-order valence-electron chi connectivity index (χ4n) is 2.07. The van der Waals surface area contributed by atoms with Crippen LogP contribution in [-0.4, -0.2) is 32.4 Å². The van der Waals surface area contributed by atoms with Crippen LogP contribution in [0, 0.1) is 0 Å². The maximum Gasteiger partial charge on any atom is 0.201 e. The number of benzene rings is 1. The molecule has 0 amide bonds. The molecule has 1 aliphatic rings. The third-order valence-corrected chi connectivity index (χ3v) is 3.39. The van der Waals surface area contributed by atoms with Gasteiger partial charge in [-0.15, -0.1) is 0 Å². The summed E-state index contributed by atoms with van der Waals surface area (Å²) in [6, 6.07) is 10.3. The Morgan fingerprint density at radius 1 is 1.31 bits per heavy atom. The number of hydrogen-bond donors (Lipinski definition) is 2. The van der Waals surface area contributed by atoms with Crippen molar-refractivity contribution in [3.8, 4) is 0 Å². The lowest BCUT2D eigenvalue weighted by molar-refractivity contribution is 0.325. The van der Waals surface area contributed by atoms with Crippen LogP contribution in [0.2, 0.25) is 0 Å². The van der Waals surface area contributed by atoms with Gasteiger partial charge in [0.2, 0.25) is 10.9 Å². The molecule has 0 bridgehead atoms. The topological polar surface area (TPSA) is 49.4 Å². The maximum atomic E-state index is 10.5. The van der Waals surface area contributed by atoms with Crippen molar-refractivity contribution < 1.29 is 8.42 Å². The molecule has 16 heavy (non-hydrogen) atoms. The van der Waals surface area contributed by atoms with E-state index in [9.17, 15) is 8.42 Å². The molecule has 1 atom stereocenters. The van der Waals surface area contributed by atoms with E-state index in [0.29, 0.717) is 0 Å².